The van der Waals surface area contributed by atoms with E-state index in [-0.39, 0.29) is 42.4 Å². The van der Waals surface area contributed by atoms with Crippen molar-refractivity contribution in [1.29, 1.82) is 0 Å². The third-order valence-corrected chi connectivity index (χ3v) is 10.7. The molecule has 156 valence electrons. The summed E-state index contributed by atoms with van der Waals surface area (Å²) >= 11 is 3.59. The Morgan fingerprint density at radius 3 is 2.64 bits per heavy atom. The zero-order valence-corrected chi connectivity index (χ0v) is 18.4. The minimum atomic E-state index is -0.930. The number of rotatable bonds is 6. The van der Waals surface area contributed by atoms with Crippen molar-refractivity contribution in [2.75, 3.05) is 18.1 Å². The zero-order chi connectivity index (χ0) is 20.3. The van der Waals surface area contributed by atoms with Gasteiger partial charge in [-0.3, -0.25) is 0 Å². The second-order valence-electron chi connectivity index (χ2n) is 8.79. The van der Waals surface area contributed by atoms with Gasteiger partial charge in [-0.15, -0.1) is 30.1 Å². The normalized spacial score (nSPS) is 40.7. The molecule has 1 spiro atoms. The number of aliphatic hydroxyl groups is 2. The molecule has 4 fully saturated rings. The monoisotopic (exact) mass is 426 g/mol. The smallest absolute Gasteiger partial charge is 0.340 e. The molecule has 28 heavy (non-hydrogen) atoms. The molecular weight excluding hydrogens is 396 g/mol. The number of carbonyl (C=O) groups excluding carboxylic acids is 1. The van der Waals surface area contributed by atoms with Gasteiger partial charge in [-0.1, -0.05) is 26.8 Å². The fourth-order valence-corrected chi connectivity index (χ4v) is 9.02. The number of ether oxygens (including phenoxy) is 2. The maximum Gasteiger partial charge on any atom is 0.340 e. The van der Waals surface area contributed by atoms with Crippen LogP contribution in [0.25, 0.3) is 0 Å². The molecule has 5 aliphatic rings. The number of carbonyl (C=O) groups is 1. The van der Waals surface area contributed by atoms with Gasteiger partial charge in [0.2, 0.25) is 0 Å². The second-order valence-corrected chi connectivity index (χ2v) is 11.7. The van der Waals surface area contributed by atoms with Gasteiger partial charge in [0.15, 0.2) is 11.4 Å². The first-order chi connectivity index (χ1) is 13.3. The van der Waals surface area contributed by atoms with Crippen molar-refractivity contribution in [3.8, 4) is 0 Å². The quantitative estimate of drug-likeness (QED) is 0.499. The molecule has 7 heteroatoms. The lowest BCUT2D eigenvalue weighted by molar-refractivity contribution is -0.220. The Labute approximate surface area is 175 Å². The van der Waals surface area contributed by atoms with Crippen LogP contribution in [0.15, 0.2) is 24.0 Å². The molecule has 7 atom stereocenters. The van der Waals surface area contributed by atoms with Crippen LogP contribution in [0.4, 0.5) is 0 Å². The van der Waals surface area contributed by atoms with Crippen LogP contribution in [0.1, 0.15) is 33.6 Å². The lowest BCUT2D eigenvalue weighted by atomic mass is 9.64. The Balaban J connectivity index is 1.82. The lowest BCUT2D eigenvalue weighted by Gasteiger charge is -2.54. The summed E-state index contributed by atoms with van der Waals surface area (Å²) < 4.78 is 12.0. The van der Waals surface area contributed by atoms with Crippen molar-refractivity contribution in [2.45, 2.75) is 55.5 Å². The van der Waals surface area contributed by atoms with Crippen LogP contribution in [-0.2, 0) is 14.3 Å². The number of aliphatic hydroxyl groups excluding tert-OH is 2. The number of thioether (sulfide) groups is 2. The van der Waals surface area contributed by atoms with E-state index in [1.807, 2.05) is 13.8 Å². The van der Waals surface area contributed by atoms with Gasteiger partial charge in [0.25, 0.3) is 0 Å². The zero-order valence-electron chi connectivity index (χ0n) is 16.7. The van der Waals surface area contributed by atoms with Gasteiger partial charge in [0.05, 0.1) is 10.00 Å². The van der Waals surface area contributed by atoms with E-state index in [0.717, 1.165) is 17.9 Å². The molecule has 4 aliphatic heterocycles. The Morgan fingerprint density at radius 1 is 1.36 bits per heavy atom. The van der Waals surface area contributed by atoms with Crippen LogP contribution in [-0.4, -0.2) is 56.2 Å². The molecule has 2 unspecified atom stereocenters. The Hall–Kier alpha value is -0.630. The summed E-state index contributed by atoms with van der Waals surface area (Å²) in [7, 11) is 0. The van der Waals surface area contributed by atoms with Gasteiger partial charge in [-0.05, 0) is 24.2 Å². The lowest BCUT2D eigenvalue weighted by Crippen LogP contribution is -2.63. The summed E-state index contributed by atoms with van der Waals surface area (Å²) in [5, 5.41) is 20.3. The largest absolute Gasteiger partial charge is 0.487 e. The van der Waals surface area contributed by atoms with Crippen molar-refractivity contribution in [2.24, 2.45) is 23.7 Å². The highest BCUT2D eigenvalue weighted by atomic mass is 32.2. The molecule has 0 aromatic carbocycles. The molecule has 0 aromatic heterocycles. The van der Waals surface area contributed by atoms with Gasteiger partial charge < -0.3 is 19.7 Å². The predicted molar refractivity (Wildman–Crippen MR) is 112 cm³/mol. The summed E-state index contributed by atoms with van der Waals surface area (Å²) in [4.78, 5) is 13.3. The SMILES string of the molecule is C=CC1[C@H](O)C2OC3=C(C4([C@H](C)C[C@H](C)CO)SCCS4)C(=O)O[C@@]31C[C@H]2C. The van der Waals surface area contributed by atoms with Gasteiger partial charge in [-0.25, -0.2) is 4.79 Å². The Kier molecular flexibility index (Phi) is 5.35. The summed E-state index contributed by atoms with van der Waals surface area (Å²) in [5.41, 5.74) is -0.283. The maximum absolute atomic E-state index is 13.3. The average molecular weight is 427 g/mol. The Morgan fingerprint density at radius 2 is 2.04 bits per heavy atom. The van der Waals surface area contributed by atoms with Crippen LogP contribution in [0.2, 0.25) is 0 Å². The van der Waals surface area contributed by atoms with E-state index in [1.165, 1.54) is 0 Å². The van der Waals surface area contributed by atoms with Gasteiger partial charge >= 0.3 is 5.97 Å². The molecule has 0 radical (unpaired) electrons. The molecule has 1 saturated carbocycles. The van der Waals surface area contributed by atoms with Crippen LogP contribution in [0, 0.1) is 23.7 Å². The van der Waals surface area contributed by atoms with E-state index in [1.54, 1.807) is 29.6 Å². The number of hydrogen-bond acceptors (Lipinski definition) is 7. The highest BCUT2D eigenvalue weighted by Crippen LogP contribution is 2.63. The fourth-order valence-electron chi connectivity index (χ4n) is 5.52. The molecule has 5 nitrogen and oxygen atoms in total. The van der Waals surface area contributed by atoms with Crippen molar-refractivity contribution in [3.05, 3.63) is 24.0 Å². The first kappa shape index (κ1) is 20.6. The minimum Gasteiger partial charge on any atom is -0.487 e. The van der Waals surface area contributed by atoms with E-state index in [0.29, 0.717) is 17.8 Å². The van der Waals surface area contributed by atoms with Gasteiger partial charge in [0, 0.05) is 24.5 Å². The Bertz CT molecular complexity index is 701. The van der Waals surface area contributed by atoms with Gasteiger partial charge in [0.1, 0.15) is 17.8 Å². The number of fused-ring (bicyclic) bond motifs is 2. The van der Waals surface area contributed by atoms with Crippen LogP contribution in [0.3, 0.4) is 0 Å². The number of hydrogen-bond donors (Lipinski definition) is 2. The number of esters is 1. The van der Waals surface area contributed by atoms with E-state index in [2.05, 4.69) is 13.5 Å². The van der Waals surface area contributed by atoms with E-state index >= 15 is 0 Å². The molecular formula is C21H30O5S2. The van der Waals surface area contributed by atoms with Gasteiger partial charge in [-0.2, -0.15) is 0 Å². The first-order valence-corrected chi connectivity index (χ1v) is 12.1. The van der Waals surface area contributed by atoms with Crippen molar-refractivity contribution in [3.63, 3.8) is 0 Å². The average Bonchev–Trinajstić information content (AvgIpc) is 3.23. The third kappa shape index (κ3) is 2.72. The van der Waals surface area contributed by atoms with E-state index < -0.39 is 15.8 Å². The standard InChI is InChI=1S/C21H30O5S2/c1-5-14-16(23)17-12(3)9-20(14)18(25-17)15(19(24)26-20)21(27-6-7-28-21)13(4)8-11(2)10-22/h5,11-14,16-17,22-23H,1,6-10H2,2-4H3/t11-,12+,13+,14?,16-,17?,20+/m0/s1. The highest BCUT2D eigenvalue weighted by molar-refractivity contribution is 8.21. The summed E-state index contributed by atoms with van der Waals surface area (Å²) in [6, 6.07) is 0. The maximum atomic E-state index is 13.3. The molecule has 4 heterocycles. The molecule has 0 amide bonds. The summed E-state index contributed by atoms with van der Waals surface area (Å²) in [5.74, 6) is 2.35. The van der Waals surface area contributed by atoms with E-state index in [4.69, 9.17) is 9.47 Å². The van der Waals surface area contributed by atoms with Crippen LogP contribution >= 0.6 is 23.5 Å². The van der Waals surface area contributed by atoms with Crippen molar-refractivity contribution in [1.82, 2.24) is 0 Å². The van der Waals surface area contributed by atoms with Crippen LogP contribution < -0.4 is 0 Å². The highest BCUT2D eigenvalue weighted by Gasteiger charge is 2.68. The first-order valence-electron chi connectivity index (χ1n) is 10.1. The predicted octanol–water partition coefficient (Wildman–Crippen LogP) is 2.97. The van der Waals surface area contributed by atoms with Crippen molar-refractivity contribution < 1.29 is 24.5 Å². The summed E-state index contributed by atoms with van der Waals surface area (Å²) in [6.45, 7) is 10.3. The van der Waals surface area contributed by atoms with E-state index in [9.17, 15) is 15.0 Å². The molecule has 2 N–H and O–H groups in total. The third-order valence-electron chi connectivity index (χ3n) is 6.81. The second kappa shape index (κ2) is 7.25. The van der Waals surface area contributed by atoms with Crippen molar-refractivity contribution >= 4 is 29.5 Å². The summed E-state index contributed by atoms with van der Waals surface area (Å²) in [6.07, 6.45) is 2.14. The topological polar surface area (TPSA) is 76.0 Å². The molecule has 1 aliphatic carbocycles. The van der Waals surface area contributed by atoms with Crippen LogP contribution in [0.5, 0.6) is 0 Å². The molecule has 2 bridgehead atoms. The fraction of sp³-hybridized carbons (Fsp3) is 0.762. The minimum absolute atomic E-state index is 0.105. The molecule has 3 saturated heterocycles. The molecule has 0 aromatic rings. The molecule has 5 rings (SSSR count).